The van der Waals surface area contributed by atoms with Gasteiger partial charge in [0.25, 0.3) is 0 Å². The molecule has 1 aromatic heterocycles. The van der Waals surface area contributed by atoms with Gasteiger partial charge in [-0.1, -0.05) is 19.1 Å². The number of fused-ring (bicyclic) bond motifs is 1. The Bertz CT molecular complexity index is 553. The Kier molecular flexibility index (Phi) is 4.02. The van der Waals surface area contributed by atoms with E-state index in [-0.39, 0.29) is 17.7 Å². The third-order valence-electron chi connectivity index (χ3n) is 4.20. The van der Waals surface area contributed by atoms with Crippen LogP contribution in [0.3, 0.4) is 0 Å². The molecule has 0 saturated carbocycles. The first kappa shape index (κ1) is 14.4. The summed E-state index contributed by atoms with van der Waals surface area (Å²) >= 11 is 0. The van der Waals surface area contributed by atoms with Crippen LogP contribution in [0.2, 0.25) is 0 Å². The van der Waals surface area contributed by atoms with Crippen molar-refractivity contribution < 1.29 is 9.59 Å². The molecule has 2 amide bonds. The summed E-state index contributed by atoms with van der Waals surface area (Å²) in [4.78, 5) is 28.5. The normalized spacial score (nSPS) is 24.0. The van der Waals surface area contributed by atoms with E-state index >= 15 is 0 Å². The summed E-state index contributed by atoms with van der Waals surface area (Å²) in [5, 5.41) is 2.50. The van der Waals surface area contributed by atoms with E-state index in [2.05, 4.69) is 16.9 Å². The fourth-order valence-electron chi connectivity index (χ4n) is 2.90. The molecule has 1 aliphatic rings. The van der Waals surface area contributed by atoms with Gasteiger partial charge in [-0.25, -0.2) is 0 Å². The molecule has 106 valence electrons. The van der Waals surface area contributed by atoms with Crippen molar-refractivity contribution in [1.82, 2.24) is 10.3 Å². The predicted octanol–water partition coefficient (Wildman–Crippen LogP) is 2.14. The number of nitrogens with one attached hydrogen (secondary N) is 1. The number of allylic oxidation sites excluding steroid dienone is 1. The molecule has 1 aromatic rings. The number of pyridine rings is 1. The van der Waals surface area contributed by atoms with Crippen LogP contribution in [0.4, 0.5) is 0 Å². The average molecular weight is 272 g/mol. The second-order valence-corrected chi connectivity index (χ2v) is 5.36. The number of hydrogen-bond donors (Lipinski definition) is 1. The molecule has 0 aromatic carbocycles. The van der Waals surface area contributed by atoms with Gasteiger partial charge >= 0.3 is 0 Å². The second-order valence-electron chi connectivity index (χ2n) is 5.36. The van der Waals surface area contributed by atoms with Crippen LogP contribution >= 0.6 is 0 Å². The van der Waals surface area contributed by atoms with Crippen molar-refractivity contribution in [1.29, 1.82) is 0 Å². The average Bonchev–Trinajstić information content (AvgIpc) is 2.74. The number of imide groups is 1. The maximum absolute atomic E-state index is 12.6. The fourth-order valence-corrected chi connectivity index (χ4v) is 2.90. The third kappa shape index (κ3) is 2.26. The van der Waals surface area contributed by atoms with E-state index in [9.17, 15) is 9.59 Å². The predicted molar refractivity (Wildman–Crippen MR) is 77.0 cm³/mol. The summed E-state index contributed by atoms with van der Waals surface area (Å²) in [7, 11) is 0. The SMILES string of the molecule is C=CCC1Cc2ncccc2C1(C)C(=O)NC(=O)CC. The Morgan fingerprint density at radius 3 is 3.00 bits per heavy atom. The fraction of sp³-hybridized carbons (Fsp3) is 0.438. The zero-order chi connectivity index (χ0) is 14.8. The van der Waals surface area contributed by atoms with Gasteiger partial charge in [-0.2, -0.15) is 0 Å². The lowest BCUT2D eigenvalue weighted by atomic mass is 9.74. The van der Waals surface area contributed by atoms with E-state index in [1.54, 1.807) is 13.1 Å². The van der Waals surface area contributed by atoms with Crippen molar-refractivity contribution in [3.05, 3.63) is 42.2 Å². The van der Waals surface area contributed by atoms with Gasteiger partial charge in [0.15, 0.2) is 0 Å². The zero-order valence-electron chi connectivity index (χ0n) is 12.0. The van der Waals surface area contributed by atoms with Crippen LogP contribution in [0.5, 0.6) is 0 Å². The van der Waals surface area contributed by atoms with Gasteiger partial charge in [0.2, 0.25) is 11.8 Å². The van der Waals surface area contributed by atoms with Crippen LogP contribution in [0, 0.1) is 5.92 Å². The number of carbonyl (C=O) groups excluding carboxylic acids is 2. The summed E-state index contributed by atoms with van der Waals surface area (Å²) in [6.07, 6.45) is 5.33. The number of nitrogens with zero attached hydrogens (tertiary/aromatic N) is 1. The highest BCUT2D eigenvalue weighted by molar-refractivity contribution is 6.01. The molecular formula is C16H20N2O2. The van der Waals surface area contributed by atoms with Crippen LogP contribution in [-0.2, 0) is 21.4 Å². The molecule has 1 heterocycles. The molecule has 2 unspecified atom stereocenters. The first-order valence-electron chi connectivity index (χ1n) is 6.93. The van der Waals surface area contributed by atoms with E-state index < -0.39 is 5.41 Å². The number of hydrogen-bond acceptors (Lipinski definition) is 3. The van der Waals surface area contributed by atoms with Crippen molar-refractivity contribution >= 4 is 11.8 Å². The number of amides is 2. The van der Waals surface area contributed by atoms with Gasteiger partial charge in [0, 0.05) is 18.3 Å². The number of carbonyl (C=O) groups is 2. The molecule has 1 N–H and O–H groups in total. The summed E-state index contributed by atoms with van der Waals surface area (Å²) in [5.41, 5.74) is 1.15. The lowest BCUT2D eigenvalue weighted by molar-refractivity contribution is -0.134. The van der Waals surface area contributed by atoms with E-state index in [4.69, 9.17) is 0 Å². The Labute approximate surface area is 119 Å². The third-order valence-corrected chi connectivity index (χ3v) is 4.20. The topological polar surface area (TPSA) is 59.1 Å². The van der Waals surface area contributed by atoms with E-state index in [0.29, 0.717) is 6.42 Å². The van der Waals surface area contributed by atoms with Gasteiger partial charge in [0.1, 0.15) is 0 Å². The Balaban J connectivity index is 2.39. The van der Waals surface area contributed by atoms with Crippen molar-refractivity contribution in [3.8, 4) is 0 Å². The quantitative estimate of drug-likeness (QED) is 0.854. The van der Waals surface area contributed by atoms with Crippen LogP contribution in [-0.4, -0.2) is 16.8 Å². The summed E-state index contributed by atoms with van der Waals surface area (Å²) in [6, 6.07) is 3.77. The molecule has 20 heavy (non-hydrogen) atoms. The van der Waals surface area contributed by atoms with Gasteiger partial charge in [0.05, 0.1) is 5.41 Å². The van der Waals surface area contributed by atoms with Crippen molar-refractivity contribution in [2.24, 2.45) is 5.92 Å². The summed E-state index contributed by atoms with van der Waals surface area (Å²) < 4.78 is 0. The summed E-state index contributed by atoms with van der Waals surface area (Å²) in [5.74, 6) is -0.386. The molecule has 1 aliphatic carbocycles. The minimum atomic E-state index is -0.720. The highest BCUT2D eigenvalue weighted by Crippen LogP contribution is 2.44. The monoisotopic (exact) mass is 272 g/mol. The number of rotatable bonds is 4. The minimum absolute atomic E-state index is 0.0922. The molecular weight excluding hydrogens is 252 g/mol. The highest BCUT2D eigenvalue weighted by Gasteiger charge is 2.48. The van der Waals surface area contributed by atoms with E-state index in [1.165, 1.54) is 0 Å². The van der Waals surface area contributed by atoms with Crippen LogP contribution in [0.25, 0.3) is 0 Å². The Morgan fingerprint density at radius 1 is 1.60 bits per heavy atom. The zero-order valence-corrected chi connectivity index (χ0v) is 12.0. The van der Waals surface area contributed by atoms with Crippen LogP contribution in [0.15, 0.2) is 31.0 Å². The van der Waals surface area contributed by atoms with Gasteiger partial charge in [-0.05, 0) is 37.3 Å². The molecule has 0 radical (unpaired) electrons. The van der Waals surface area contributed by atoms with E-state index in [1.807, 2.05) is 25.1 Å². The standard InChI is InChI=1S/C16H20N2O2/c1-4-7-11-10-13-12(8-6-9-17-13)16(11,3)15(20)18-14(19)5-2/h4,6,8-9,11H,1,5,7,10H2,2-3H3,(H,18,19,20). The maximum Gasteiger partial charge on any atom is 0.237 e. The second kappa shape index (κ2) is 5.57. The molecule has 0 spiro atoms. The molecule has 0 fully saturated rings. The maximum atomic E-state index is 12.6. The molecule has 0 bridgehead atoms. The van der Waals surface area contributed by atoms with Crippen molar-refractivity contribution in [2.45, 2.75) is 38.5 Å². The van der Waals surface area contributed by atoms with Crippen LogP contribution < -0.4 is 5.32 Å². The van der Waals surface area contributed by atoms with Gasteiger partial charge in [-0.15, -0.1) is 6.58 Å². The highest BCUT2D eigenvalue weighted by atomic mass is 16.2. The van der Waals surface area contributed by atoms with Crippen LogP contribution in [0.1, 0.15) is 37.9 Å². The van der Waals surface area contributed by atoms with E-state index in [0.717, 1.165) is 24.1 Å². The van der Waals surface area contributed by atoms with Crippen molar-refractivity contribution in [2.75, 3.05) is 0 Å². The first-order valence-corrected chi connectivity index (χ1v) is 6.93. The molecule has 0 saturated heterocycles. The van der Waals surface area contributed by atoms with Gasteiger partial charge in [-0.3, -0.25) is 19.9 Å². The minimum Gasteiger partial charge on any atom is -0.296 e. The Morgan fingerprint density at radius 2 is 2.35 bits per heavy atom. The molecule has 2 atom stereocenters. The lowest BCUT2D eigenvalue weighted by Gasteiger charge is -2.30. The Hall–Kier alpha value is -1.97. The summed E-state index contributed by atoms with van der Waals surface area (Å²) in [6.45, 7) is 7.40. The molecule has 4 heteroatoms. The molecule has 0 aliphatic heterocycles. The first-order chi connectivity index (χ1) is 9.53. The largest absolute Gasteiger partial charge is 0.296 e. The van der Waals surface area contributed by atoms with Crippen molar-refractivity contribution in [3.63, 3.8) is 0 Å². The smallest absolute Gasteiger partial charge is 0.237 e. The number of aromatic nitrogens is 1. The molecule has 2 rings (SSSR count). The van der Waals surface area contributed by atoms with Gasteiger partial charge < -0.3 is 0 Å². The lowest BCUT2D eigenvalue weighted by Crippen LogP contribution is -2.47. The molecule has 4 nitrogen and oxygen atoms in total.